The van der Waals surface area contributed by atoms with Gasteiger partial charge in [-0.05, 0) is 70.1 Å². The van der Waals surface area contributed by atoms with Crippen molar-refractivity contribution in [1.29, 1.82) is 0 Å². The molecule has 0 radical (unpaired) electrons. The SMILES string of the molecule is CC(C)C[C@@H]1NC(=O)[C@@H](Cc2ccccc2)NC(=O)[C@H](CCN)NC(=O)[C@@H](NC(=O)[C@@H](N)Cc2cnc[nH]2)CCNC(=O)[C@H]([C@@H](C)O)NC(=O)[C@H](CCN)NC[C@](C=O)(CCN)NC1=O. The molecule has 0 unspecified atom stereocenters. The van der Waals surface area contributed by atoms with Crippen molar-refractivity contribution in [2.24, 2.45) is 28.9 Å². The molecule has 0 aliphatic carbocycles. The van der Waals surface area contributed by atoms with E-state index in [9.17, 15) is 43.5 Å². The number of nitrogens with two attached hydrogens (primary N) is 4. The molecule has 1 saturated heterocycles. The number of aldehydes is 1. The van der Waals surface area contributed by atoms with E-state index in [0.29, 0.717) is 17.5 Å². The lowest BCUT2D eigenvalue weighted by Crippen LogP contribution is -2.64. The lowest BCUT2D eigenvalue weighted by molar-refractivity contribution is -0.135. The predicted molar refractivity (Wildman–Crippen MR) is 239 cm³/mol. The van der Waals surface area contributed by atoms with Gasteiger partial charge < -0.3 is 80.4 Å². The zero-order valence-corrected chi connectivity index (χ0v) is 37.3. The molecular weight excluding hydrogens is 845 g/mol. The summed E-state index contributed by atoms with van der Waals surface area (Å²) in [6.45, 7) is 4.09. The van der Waals surface area contributed by atoms with Gasteiger partial charge >= 0.3 is 0 Å². The van der Waals surface area contributed by atoms with Crippen LogP contribution >= 0.6 is 0 Å². The van der Waals surface area contributed by atoms with Gasteiger partial charge in [0, 0.05) is 37.8 Å². The summed E-state index contributed by atoms with van der Waals surface area (Å²) in [6.07, 6.45) is 1.54. The molecule has 1 aliphatic rings. The molecule has 2 aromatic rings. The average molecular weight is 913 g/mol. The number of aromatic amines is 1. The Morgan fingerprint density at radius 2 is 1.48 bits per heavy atom. The van der Waals surface area contributed by atoms with Crippen molar-refractivity contribution in [2.45, 2.75) is 120 Å². The number of benzene rings is 1. The lowest BCUT2D eigenvalue weighted by atomic mass is 9.94. The van der Waals surface area contributed by atoms with Crippen LogP contribution in [-0.2, 0) is 51.2 Å². The molecule has 23 heteroatoms. The van der Waals surface area contributed by atoms with Gasteiger partial charge in [-0.25, -0.2) is 4.98 Å². The van der Waals surface area contributed by atoms with Crippen molar-refractivity contribution < 1.29 is 43.5 Å². The molecular formula is C42H68N14O9. The van der Waals surface area contributed by atoms with Gasteiger partial charge in [0.15, 0.2) is 0 Å². The van der Waals surface area contributed by atoms with E-state index >= 15 is 0 Å². The van der Waals surface area contributed by atoms with Gasteiger partial charge in [0.25, 0.3) is 0 Å². The maximum Gasteiger partial charge on any atom is 0.245 e. The highest BCUT2D eigenvalue weighted by Gasteiger charge is 2.38. The number of amides is 7. The molecule has 23 nitrogen and oxygen atoms in total. The van der Waals surface area contributed by atoms with Gasteiger partial charge in [-0.1, -0.05) is 44.2 Å². The number of aromatic nitrogens is 2. The van der Waals surface area contributed by atoms with Crippen LogP contribution in [0.5, 0.6) is 0 Å². The van der Waals surface area contributed by atoms with Crippen molar-refractivity contribution in [3.8, 4) is 0 Å². The van der Waals surface area contributed by atoms with Gasteiger partial charge in [-0.15, -0.1) is 0 Å². The molecule has 1 aliphatic heterocycles. The minimum Gasteiger partial charge on any atom is -0.391 e. The van der Waals surface area contributed by atoms with Crippen molar-refractivity contribution in [3.05, 3.63) is 54.1 Å². The fourth-order valence-corrected chi connectivity index (χ4v) is 7.11. The first-order valence-corrected chi connectivity index (χ1v) is 21.8. The van der Waals surface area contributed by atoms with E-state index in [-0.39, 0.29) is 83.6 Å². The van der Waals surface area contributed by atoms with Gasteiger partial charge in [-0.3, -0.25) is 33.6 Å². The highest BCUT2D eigenvalue weighted by Crippen LogP contribution is 2.13. The number of imidazole rings is 1. The zero-order chi connectivity index (χ0) is 48.1. The third-order valence-corrected chi connectivity index (χ3v) is 10.7. The van der Waals surface area contributed by atoms with E-state index in [1.165, 1.54) is 19.4 Å². The molecule has 3 rings (SSSR count). The van der Waals surface area contributed by atoms with Crippen LogP contribution in [0.25, 0.3) is 0 Å². The molecule has 1 fully saturated rings. The second kappa shape index (κ2) is 26.8. The molecule has 0 spiro atoms. The summed E-state index contributed by atoms with van der Waals surface area (Å²) >= 11 is 0. The predicted octanol–water partition coefficient (Wildman–Crippen LogP) is -5.05. The Morgan fingerprint density at radius 1 is 0.846 bits per heavy atom. The summed E-state index contributed by atoms with van der Waals surface area (Å²) in [5, 5.41) is 32.0. The molecule has 9 atom stereocenters. The minimum atomic E-state index is -1.70. The number of nitrogens with one attached hydrogen (secondary N) is 9. The number of aliphatic hydroxyl groups is 1. The third kappa shape index (κ3) is 17.2. The fourth-order valence-electron chi connectivity index (χ4n) is 7.11. The maximum atomic E-state index is 14.3. The summed E-state index contributed by atoms with van der Waals surface area (Å²) in [7, 11) is 0. The second-order valence-electron chi connectivity index (χ2n) is 16.6. The topological polar surface area (TPSA) is 386 Å². The first-order valence-electron chi connectivity index (χ1n) is 21.8. The van der Waals surface area contributed by atoms with Crippen molar-refractivity contribution >= 4 is 47.6 Å². The Bertz CT molecular complexity index is 1870. The third-order valence-electron chi connectivity index (χ3n) is 10.7. The van der Waals surface area contributed by atoms with Gasteiger partial charge in [-0.2, -0.15) is 0 Å². The Labute approximate surface area is 378 Å². The molecule has 65 heavy (non-hydrogen) atoms. The Balaban J connectivity index is 2.11. The average Bonchev–Trinajstić information content (AvgIpc) is 3.78. The normalized spacial score (nSPS) is 25.7. The molecule has 1 aromatic heterocycles. The van der Waals surface area contributed by atoms with Crippen molar-refractivity contribution in [2.75, 3.05) is 32.7 Å². The molecule has 360 valence electrons. The van der Waals surface area contributed by atoms with E-state index in [4.69, 9.17) is 22.9 Å². The molecule has 1 aromatic carbocycles. The largest absolute Gasteiger partial charge is 0.391 e. The van der Waals surface area contributed by atoms with Crippen LogP contribution in [0.2, 0.25) is 0 Å². The monoisotopic (exact) mass is 913 g/mol. The van der Waals surface area contributed by atoms with Crippen molar-refractivity contribution in [1.82, 2.24) is 52.5 Å². The lowest BCUT2D eigenvalue weighted by Gasteiger charge is -2.34. The number of aliphatic hydroxyl groups excluding tert-OH is 1. The zero-order valence-electron chi connectivity index (χ0n) is 37.3. The summed E-state index contributed by atoms with van der Waals surface area (Å²) in [6, 6.07) is -0.403. The van der Waals surface area contributed by atoms with Crippen LogP contribution in [0.1, 0.15) is 64.1 Å². The summed E-state index contributed by atoms with van der Waals surface area (Å²) in [5.41, 5.74) is 23.3. The Morgan fingerprint density at radius 3 is 2.08 bits per heavy atom. The first kappa shape index (κ1) is 53.5. The summed E-state index contributed by atoms with van der Waals surface area (Å²) in [5.74, 6) is -5.73. The molecule has 0 bridgehead atoms. The number of carbonyl (C=O) groups excluding carboxylic acids is 8. The number of hydrogen-bond acceptors (Lipinski definition) is 15. The minimum absolute atomic E-state index is 0.00378. The van der Waals surface area contributed by atoms with E-state index < -0.39 is 95.3 Å². The Kier molecular flexibility index (Phi) is 22.1. The fraction of sp³-hybridized carbons (Fsp3) is 0.595. The van der Waals surface area contributed by atoms with Crippen LogP contribution in [-0.4, -0.2) is 149 Å². The number of H-pyrrole nitrogens is 1. The standard InChI is InChI=1S/C42H68N14O9/c1-24(2)17-32-40(64)56-42(22-57,12-15-45)21-49-29(9-13-43)36(60)55-34(25(3)58)41(65)48-16-11-31(51-35(59)28(46)19-27-20-47-23-50-27)38(62)52-30(10-14-44)37(61)54-33(39(63)53-32)18-26-7-5-4-6-8-26/h4-8,20,22-25,28-34,49,58H,9-19,21,43-46H2,1-3H3,(H,47,50)(H,48,65)(H,51,59)(H,52,62)(H,53,63)(H,54,61)(H,55,60)(H,56,64)/t25-,28+,29+,30+,31+,32+,33-,34+,42+/m1/s1. The highest BCUT2D eigenvalue weighted by atomic mass is 16.3. The van der Waals surface area contributed by atoms with Crippen LogP contribution in [0.15, 0.2) is 42.9 Å². The first-order chi connectivity index (χ1) is 31.0. The highest BCUT2D eigenvalue weighted by molar-refractivity contribution is 5.97. The van der Waals surface area contributed by atoms with Gasteiger partial charge in [0.2, 0.25) is 41.4 Å². The van der Waals surface area contributed by atoms with Crippen molar-refractivity contribution in [3.63, 3.8) is 0 Å². The molecule has 0 saturated carbocycles. The van der Waals surface area contributed by atoms with E-state index in [0.717, 1.165) is 0 Å². The number of hydrogen-bond donors (Lipinski definition) is 14. The van der Waals surface area contributed by atoms with Gasteiger partial charge in [0.05, 0.1) is 24.5 Å². The quantitative estimate of drug-likeness (QED) is 0.0701. The van der Waals surface area contributed by atoms with Gasteiger partial charge in [0.1, 0.15) is 42.0 Å². The summed E-state index contributed by atoms with van der Waals surface area (Å²) in [4.78, 5) is 117. The number of nitrogens with zero attached hydrogens (tertiary/aromatic N) is 1. The number of rotatable bonds is 16. The van der Waals surface area contributed by atoms with E-state index in [1.807, 2.05) is 13.8 Å². The smallest absolute Gasteiger partial charge is 0.245 e. The summed E-state index contributed by atoms with van der Waals surface area (Å²) < 4.78 is 0. The van der Waals surface area contributed by atoms with Crippen LogP contribution in [0.4, 0.5) is 0 Å². The van der Waals surface area contributed by atoms with Crippen LogP contribution in [0.3, 0.4) is 0 Å². The molecule has 7 amide bonds. The molecule has 18 N–H and O–H groups in total. The Hall–Kier alpha value is -5.85. The molecule has 2 heterocycles. The van der Waals surface area contributed by atoms with E-state index in [1.54, 1.807) is 30.3 Å². The van der Waals surface area contributed by atoms with Crippen LogP contribution in [0, 0.1) is 5.92 Å². The second-order valence-corrected chi connectivity index (χ2v) is 16.6. The number of carbonyl (C=O) groups is 8. The maximum absolute atomic E-state index is 14.3. The van der Waals surface area contributed by atoms with Crippen LogP contribution < -0.4 is 65.5 Å². The van der Waals surface area contributed by atoms with E-state index in [2.05, 4.69) is 52.5 Å².